The molecule has 1 aromatic rings. The minimum Gasteiger partial charge on any atom is -0.399 e. The van der Waals surface area contributed by atoms with Crippen molar-refractivity contribution in [3.63, 3.8) is 0 Å². The van der Waals surface area contributed by atoms with Gasteiger partial charge in [0.05, 0.1) is 11.3 Å². The third-order valence-electron chi connectivity index (χ3n) is 1.98. The normalized spacial score (nSPS) is 11.4. The van der Waals surface area contributed by atoms with Gasteiger partial charge in [-0.3, -0.25) is 4.79 Å². The highest BCUT2D eigenvalue weighted by Gasteiger charge is 2.10. The number of sulfone groups is 1. The lowest BCUT2D eigenvalue weighted by atomic mass is 10.2. The lowest BCUT2D eigenvalue weighted by Crippen LogP contribution is -2.13. The lowest BCUT2D eigenvalue weighted by Gasteiger charge is -2.07. The van der Waals surface area contributed by atoms with Crippen LogP contribution in [0.3, 0.4) is 0 Å². The van der Waals surface area contributed by atoms with Crippen molar-refractivity contribution in [2.45, 2.75) is 4.90 Å². The molecule has 0 atom stereocenters. The molecule has 17 heavy (non-hydrogen) atoms. The number of thioether (sulfide) groups is 1. The number of benzene rings is 1. The van der Waals surface area contributed by atoms with Crippen molar-refractivity contribution in [2.75, 3.05) is 23.5 Å². The molecule has 0 saturated carbocycles. The topological polar surface area (TPSA) is 103 Å². The van der Waals surface area contributed by atoms with Gasteiger partial charge in [0.15, 0.2) is 0 Å². The average Bonchev–Trinajstić information content (AvgIpc) is 2.15. The first-order chi connectivity index (χ1) is 7.79. The number of anilines is 1. The number of rotatable bonds is 5. The second-order valence-corrected chi connectivity index (χ2v) is 6.99. The van der Waals surface area contributed by atoms with Gasteiger partial charge < -0.3 is 11.5 Å². The number of nitrogens with two attached hydrogens (primary N) is 2. The van der Waals surface area contributed by atoms with Gasteiger partial charge in [-0.2, -0.15) is 0 Å². The zero-order valence-electron chi connectivity index (χ0n) is 9.34. The standard InChI is InChI=1S/C10H14N2O3S2/c1-17(14,15)5-4-16-9-6-7(11)2-3-8(9)10(12)13/h2-3,6H,4-5,11H2,1H3,(H2,12,13). The van der Waals surface area contributed by atoms with Crippen molar-refractivity contribution in [3.05, 3.63) is 23.8 Å². The highest BCUT2D eigenvalue weighted by Crippen LogP contribution is 2.25. The maximum atomic E-state index is 11.1. The van der Waals surface area contributed by atoms with E-state index in [-0.39, 0.29) is 5.75 Å². The van der Waals surface area contributed by atoms with E-state index in [1.54, 1.807) is 18.2 Å². The van der Waals surface area contributed by atoms with Crippen molar-refractivity contribution in [1.29, 1.82) is 0 Å². The van der Waals surface area contributed by atoms with Gasteiger partial charge in [-0.1, -0.05) is 0 Å². The Hall–Kier alpha value is -1.21. The SMILES string of the molecule is CS(=O)(=O)CCSc1cc(N)ccc1C(N)=O. The maximum absolute atomic E-state index is 11.1. The number of nitrogen functional groups attached to an aromatic ring is 1. The smallest absolute Gasteiger partial charge is 0.249 e. The summed E-state index contributed by atoms with van der Waals surface area (Å²) in [4.78, 5) is 11.8. The van der Waals surface area contributed by atoms with E-state index in [1.807, 2.05) is 0 Å². The van der Waals surface area contributed by atoms with Crippen molar-refractivity contribution in [2.24, 2.45) is 5.73 Å². The molecule has 0 aliphatic rings. The second-order valence-electron chi connectivity index (χ2n) is 3.60. The van der Waals surface area contributed by atoms with Gasteiger partial charge in [-0.05, 0) is 18.2 Å². The Morgan fingerprint density at radius 1 is 1.41 bits per heavy atom. The summed E-state index contributed by atoms with van der Waals surface area (Å²) in [5.41, 5.74) is 11.7. The maximum Gasteiger partial charge on any atom is 0.249 e. The first kappa shape index (κ1) is 13.9. The van der Waals surface area contributed by atoms with Gasteiger partial charge in [0, 0.05) is 22.6 Å². The van der Waals surface area contributed by atoms with Crippen LogP contribution in [0.1, 0.15) is 10.4 Å². The molecule has 1 amide bonds. The number of primary amides is 1. The largest absolute Gasteiger partial charge is 0.399 e. The minimum absolute atomic E-state index is 0.0463. The zero-order chi connectivity index (χ0) is 13.1. The third kappa shape index (κ3) is 4.66. The summed E-state index contributed by atoms with van der Waals surface area (Å²) < 4.78 is 22.0. The molecule has 1 aromatic carbocycles. The number of amides is 1. The summed E-state index contributed by atoms with van der Waals surface area (Å²) in [6, 6.07) is 4.74. The van der Waals surface area contributed by atoms with Crippen molar-refractivity contribution in [1.82, 2.24) is 0 Å². The van der Waals surface area contributed by atoms with Gasteiger partial charge in [0.1, 0.15) is 9.84 Å². The van der Waals surface area contributed by atoms with Crippen molar-refractivity contribution < 1.29 is 13.2 Å². The van der Waals surface area contributed by atoms with Crippen LogP contribution in [0.5, 0.6) is 0 Å². The first-order valence-corrected chi connectivity index (χ1v) is 7.84. The van der Waals surface area contributed by atoms with E-state index in [0.29, 0.717) is 21.9 Å². The Kier molecular flexibility index (Phi) is 4.41. The molecule has 0 spiro atoms. The molecule has 5 nitrogen and oxygen atoms in total. The van der Waals surface area contributed by atoms with Gasteiger partial charge in [0.25, 0.3) is 0 Å². The molecule has 94 valence electrons. The van der Waals surface area contributed by atoms with E-state index in [1.165, 1.54) is 18.0 Å². The van der Waals surface area contributed by atoms with Crippen LogP contribution in [-0.4, -0.2) is 32.1 Å². The van der Waals surface area contributed by atoms with Gasteiger partial charge >= 0.3 is 0 Å². The molecule has 4 N–H and O–H groups in total. The number of hydrogen-bond acceptors (Lipinski definition) is 5. The van der Waals surface area contributed by atoms with E-state index in [0.717, 1.165) is 0 Å². The van der Waals surface area contributed by atoms with Crippen molar-refractivity contribution >= 4 is 33.2 Å². The van der Waals surface area contributed by atoms with Gasteiger partial charge in [-0.25, -0.2) is 8.42 Å². The third-order valence-corrected chi connectivity index (χ3v) is 4.24. The highest BCUT2D eigenvalue weighted by atomic mass is 32.2. The Balaban J connectivity index is 2.82. The van der Waals surface area contributed by atoms with Crippen LogP contribution in [0.2, 0.25) is 0 Å². The van der Waals surface area contributed by atoms with Gasteiger partial charge in [0.2, 0.25) is 5.91 Å². The molecule has 0 heterocycles. The number of hydrogen-bond donors (Lipinski definition) is 2. The van der Waals surface area contributed by atoms with E-state index in [2.05, 4.69) is 0 Å². The van der Waals surface area contributed by atoms with E-state index in [9.17, 15) is 13.2 Å². The van der Waals surface area contributed by atoms with Crippen LogP contribution in [0.4, 0.5) is 5.69 Å². The zero-order valence-corrected chi connectivity index (χ0v) is 11.0. The number of carbonyl (C=O) groups excluding carboxylic acids is 1. The summed E-state index contributed by atoms with van der Waals surface area (Å²) >= 11 is 1.26. The minimum atomic E-state index is -3.01. The molecule has 0 aliphatic carbocycles. The fraction of sp³-hybridized carbons (Fsp3) is 0.300. The summed E-state index contributed by atoms with van der Waals surface area (Å²) in [5.74, 6) is -0.139. The predicted molar refractivity (Wildman–Crippen MR) is 69.8 cm³/mol. The first-order valence-electron chi connectivity index (χ1n) is 4.79. The summed E-state index contributed by atoms with van der Waals surface area (Å²) in [5, 5.41) is 0. The van der Waals surface area contributed by atoms with E-state index >= 15 is 0 Å². The van der Waals surface area contributed by atoms with E-state index < -0.39 is 15.7 Å². The monoisotopic (exact) mass is 274 g/mol. The molecule has 0 aliphatic heterocycles. The molecule has 1 rings (SSSR count). The summed E-state index contributed by atoms with van der Waals surface area (Å²) in [7, 11) is -3.01. The summed E-state index contributed by atoms with van der Waals surface area (Å²) in [6.45, 7) is 0. The average molecular weight is 274 g/mol. The van der Waals surface area contributed by atoms with Crippen LogP contribution in [0, 0.1) is 0 Å². The van der Waals surface area contributed by atoms with Crippen molar-refractivity contribution in [3.8, 4) is 0 Å². The molecule has 0 radical (unpaired) electrons. The molecule has 0 bridgehead atoms. The van der Waals surface area contributed by atoms with Crippen LogP contribution in [0.15, 0.2) is 23.1 Å². The Bertz CT molecular complexity index is 526. The quantitative estimate of drug-likeness (QED) is 0.601. The Morgan fingerprint density at radius 3 is 2.59 bits per heavy atom. The molecule has 0 aromatic heterocycles. The molecule has 0 saturated heterocycles. The molecular weight excluding hydrogens is 260 g/mol. The highest BCUT2D eigenvalue weighted by molar-refractivity contribution is 8.00. The second kappa shape index (κ2) is 5.42. The lowest BCUT2D eigenvalue weighted by molar-refractivity contribution is 0.0997. The van der Waals surface area contributed by atoms with Gasteiger partial charge in [-0.15, -0.1) is 11.8 Å². The number of carbonyl (C=O) groups is 1. The van der Waals surface area contributed by atoms with Crippen LogP contribution in [-0.2, 0) is 9.84 Å². The predicted octanol–water partition coefficient (Wildman–Crippen LogP) is 0.504. The Morgan fingerprint density at radius 2 is 2.06 bits per heavy atom. The fourth-order valence-corrected chi connectivity index (χ4v) is 3.47. The molecular formula is C10H14N2O3S2. The van der Waals surface area contributed by atoms with Crippen LogP contribution >= 0.6 is 11.8 Å². The molecule has 0 unspecified atom stereocenters. The summed E-state index contributed by atoms with van der Waals surface area (Å²) in [6.07, 6.45) is 1.17. The molecule has 7 heteroatoms. The Labute approximate surface area is 104 Å². The fourth-order valence-electron chi connectivity index (χ4n) is 1.16. The van der Waals surface area contributed by atoms with E-state index in [4.69, 9.17) is 11.5 Å². The molecule has 0 fully saturated rings. The van der Waals surface area contributed by atoms with Crippen LogP contribution in [0.25, 0.3) is 0 Å². The van der Waals surface area contributed by atoms with Crippen LogP contribution < -0.4 is 11.5 Å².